The van der Waals surface area contributed by atoms with E-state index in [0.29, 0.717) is 11.1 Å². The molecule has 3 nitrogen and oxygen atoms in total. The van der Waals surface area contributed by atoms with E-state index in [1.165, 1.54) is 0 Å². The first-order chi connectivity index (χ1) is 6.29. The van der Waals surface area contributed by atoms with Crippen molar-refractivity contribution in [3.8, 4) is 5.97 Å². The van der Waals surface area contributed by atoms with E-state index in [0.717, 1.165) is 18.3 Å². The Morgan fingerprint density at radius 1 is 1.46 bits per heavy atom. The Morgan fingerprint density at radius 3 is 2.77 bits per heavy atom. The van der Waals surface area contributed by atoms with E-state index in [4.69, 9.17) is 16.9 Å². The summed E-state index contributed by atoms with van der Waals surface area (Å²) in [5.74, 6) is 2.65. The van der Waals surface area contributed by atoms with Crippen molar-refractivity contribution in [2.75, 3.05) is 0 Å². The lowest BCUT2D eigenvalue weighted by Crippen LogP contribution is -2.28. The molecule has 0 amide bonds. The van der Waals surface area contributed by atoms with Crippen LogP contribution in [0.3, 0.4) is 0 Å². The lowest BCUT2D eigenvalue weighted by atomic mass is 9.32. The molecule has 0 N–H and O–H groups in total. The first kappa shape index (κ1) is 8.52. The molecular formula is C8H7BClN3. The molecule has 5 heteroatoms. The molecule has 64 valence electrons. The number of nitrogens with zero attached hydrogens (tertiary/aromatic N) is 3. The van der Waals surface area contributed by atoms with Gasteiger partial charge in [-0.25, -0.2) is 5.26 Å². The first-order valence-electron chi connectivity index (χ1n) is 4.18. The van der Waals surface area contributed by atoms with Gasteiger partial charge in [-0.05, 0) is 18.1 Å². The molecule has 1 aliphatic heterocycles. The molecule has 0 saturated carbocycles. The predicted octanol–water partition coefficient (Wildman–Crippen LogP) is 1.78. The zero-order valence-electron chi connectivity index (χ0n) is 6.94. The fourth-order valence-corrected chi connectivity index (χ4v) is 1.61. The third kappa shape index (κ3) is 1.66. The molecule has 1 aliphatic rings. The molecule has 1 fully saturated rings. The van der Waals surface area contributed by atoms with Gasteiger partial charge in [0.1, 0.15) is 0 Å². The highest BCUT2D eigenvalue weighted by Crippen LogP contribution is 2.36. The molecule has 0 radical (unpaired) electrons. The largest absolute Gasteiger partial charge is 0.269 e. The third-order valence-electron chi connectivity index (χ3n) is 2.39. The summed E-state index contributed by atoms with van der Waals surface area (Å²) < 4.78 is 0. The van der Waals surface area contributed by atoms with Crippen molar-refractivity contribution in [2.24, 2.45) is 0 Å². The van der Waals surface area contributed by atoms with Crippen molar-refractivity contribution in [3.63, 3.8) is 0 Å². The number of aromatic nitrogens is 2. The Kier molecular flexibility index (Phi) is 2.20. The van der Waals surface area contributed by atoms with Crippen LogP contribution in [0.4, 0.5) is 0 Å². The average Bonchev–Trinajstić information content (AvgIpc) is 2.06. The van der Waals surface area contributed by atoms with Crippen molar-refractivity contribution >= 4 is 18.3 Å². The van der Waals surface area contributed by atoms with E-state index in [9.17, 15) is 0 Å². The first-order valence-corrected chi connectivity index (χ1v) is 4.56. The lowest BCUT2D eigenvalue weighted by molar-refractivity contribution is 0.720. The van der Waals surface area contributed by atoms with Crippen LogP contribution in [-0.4, -0.2) is 16.9 Å². The van der Waals surface area contributed by atoms with Gasteiger partial charge in [-0.3, -0.25) is 0 Å². The second-order valence-corrected chi connectivity index (χ2v) is 3.66. The maximum atomic E-state index is 8.59. The Morgan fingerprint density at radius 2 is 2.23 bits per heavy atom. The fourth-order valence-electron chi connectivity index (χ4n) is 1.51. The molecule has 2 rings (SSSR count). The van der Waals surface area contributed by atoms with Gasteiger partial charge in [0.15, 0.2) is 5.15 Å². The fraction of sp³-hybridized carbons (Fsp3) is 0.375. The van der Waals surface area contributed by atoms with Gasteiger partial charge in [0.25, 0.3) is 6.71 Å². The monoisotopic (exact) mass is 191 g/mol. The third-order valence-corrected chi connectivity index (χ3v) is 2.59. The van der Waals surface area contributed by atoms with Crippen molar-refractivity contribution in [3.05, 3.63) is 23.0 Å². The molecule has 2 heterocycles. The molecule has 0 unspecified atom stereocenters. The van der Waals surface area contributed by atoms with E-state index in [2.05, 4.69) is 16.2 Å². The molecule has 1 saturated heterocycles. The molecule has 0 aromatic carbocycles. The molecular weight excluding hydrogens is 184 g/mol. The van der Waals surface area contributed by atoms with Crippen molar-refractivity contribution in [2.45, 2.75) is 18.6 Å². The summed E-state index contributed by atoms with van der Waals surface area (Å²) in [5, 5.41) is 16.7. The smallest absolute Gasteiger partial charge is 0.213 e. The van der Waals surface area contributed by atoms with Crippen molar-refractivity contribution in [1.82, 2.24) is 10.2 Å². The summed E-state index contributed by atoms with van der Waals surface area (Å²) in [5.41, 5.74) is 0.955. The minimum absolute atomic E-state index is 0.211. The summed E-state index contributed by atoms with van der Waals surface area (Å²) in [4.78, 5) is 0. The van der Waals surface area contributed by atoms with Crippen LogP contribution >= 0.6 is 11.6 Å². The van der Waals surface area contributed by atoms with E-state index in [1.807, 2.05) is 6.07 Å². The average molecular weight is 191 g/mol. The lowest BCUT2D eigenvalue weighted by Gasteiger charge is -2.26. The zero-order valence-corrected chi connectivity index (χ0v) is 7.70. The number of hydrogen-bond acceptors (Lipinski definition) is 3. The highest BCUT2D eigenvalue weighted by molar-refractivity contribution is 6.70. The quantitative estimate of drug-likeness (QED) is 0.636. The normalized spacial score (nSPS) is 16.5. The number of halogens is 1. The minimum Gasteiger partial charge on any atom is -0.213 e. The van der Waals surface area contributed by atoms with E-state index in [1.54, 1.807) is 6.07 Å². The predicted molar refractivity (Wildman–Crippen MR) is 50.8 cm³/mol. The maximum absolute atomic E-state index is 8.59. The zero-order chi connectivity index (χ0) is 9.26. The second kappa shape index (κ2) is 3.35. The van der Waals surface area contributed by atoms with Gasteiger partial charge in [-0.15, -0.1) is 5.10 Å². The topological polar surface area (TPSA) is 49.6 Å². The van der Waals surface area contributed by atoms with Crippen LogP contribution in [0.1, 0.15) is 11.6 Å². The Labute approximate surface area is 81.8 Å². The number of rotatable bonds is 1. The van der Waals surface area contributed by atoms with Crippen molar-refractivity contribution in [1.29, 1.82) is 5.26 Å². The summed E-state index contributed by atoms with van der Waals surface area (Å²) in [6, 6.07) is 3.62. The molecule has 0 aliphatic carbocycles. The molecule has 1 aromatic rings. The van der Waals surface area contributed by atoms with Crippen LogP contribution in [0, 0.1) is 11.2 Å². The summed E-state index contributed by atoms with van der Waals surface area (Å²) in [6.45, 7) is 0.211. The van der Waals surface area contributed by atoms with Gasteiger partial charge < -0.3 is 0 Å². The van der Waals surface area contributed by atoms with Gasteiger partial charge >= 0.3 is 0 Å². The highest BCUT2D eigenvalue weighted by atomic mass is 35.5. The number of nitriles is 1. The molecule has 13 heavy (non-hydrogen) atoms. The second-order valence-electron chi connectivity index (χ2n) is 3.28. The van der Waals surface area contributed by atoms with E-state index < -0.39 is 0 Å². The van der Waals surface area contributed by atoms with Crippen LogP contribution in [0.25, 0.3) is 0 Å². The van der Waals surface area contributed by atoms with Crippen LogP contribution < -0.4 is 0 Å². The molecule has 0 bridgehead atoms. The Hall–Kier alpha value is -1.08. The SMILES string of the molecule is N#CB1CC(c2ccc(Cl)nn2)C1. The van der Waals surface area contributed by atoms with Crippen LogP contribution in [-0.2, 0) is 0 Å². The Bertz CT molecular complexity index is 339. The molecule has 1 aromatic heterocycles. The van der Waals surface area contributed by atoms with Crippen LogP contribution in [0.15, 0.2) is 12.1 Å². The molecule has 0 atom stereocenters. The van der Waals surface area contributed by atoms with Crippen LogP contribution in [0.2, 0.25) is 17.8 Å². The standard InChI is InChI=1S/C8H7BClN3/c10-8-2-1-7(12-13-8)6-3-9(4-6)5-11/h1-2,6H,3-4H2. The van der Waals surface area contributed by atoms with Gasteiger partial charge in [0.05, 0.1) is 5.69 Å². The van der Waals surface area contributed by atoms with Gasteiger partial charge in [-0.2, -0.15) is 5.10 Å². The van der Waals surface area contributed by atoms with Crippen molar-refractivity contribution < 1.29 is 0 Å². The Balaban J connectivity index is 2.04. The summed E-state index contributed by atoms with van der Waals surface area (Å²) >= 11 is 5.61. The maximum Gasteiger partial charge on any atom is 0.269 e. The highest BCUT2D eigenvalue weighted by Gasteiger charge is 2.34. The van der Waals surface area contributed by atoms with Gasteiger partial charge in [0, 0.05) is 5.97 Å². The van der Waals surface area contributed by atoms with E-state index >= 15 is 0 Å². The van der Waals surface area contributed by atoms with E-state index in [-0.39, 0.29) is 6.71 Å². The van der Waals surface area contributed by atoms with Gasteiger partial charge in [-0.1, -0.05) is 24.2 Å². The molecule has 0 spiro atoms. The summed E-state index contributed by atoms with van der Waals surface area (Å²) in [6.07, 6.45) is 1.82. The van der Waals surface area contributed by atoms with Gasteiger partial charge in [0.2, 0.25) is 0 Å². The van der Waals surface area contributed by atoms with Crippen LogP contribution in [0.5, 0.6) is 0 Å². The number of hydrogen-bond donors (Lipinski definition) is 0. The summed E-state index contributed by atoms with van der Waals surface area (Å²) in [7, 11) is 0. The minimum atomic E-state index is 0.211.